The monoisotopic (exact) mass is 316 g/mol. The summed E-state index contributed by atoms with van der Waals surface area (Å²) in [6.45, 7) is 2.15. The molecule has 114 valence electrons. The zero-order chi connectivity index (χ0) is 15.6. The first kappa shape index (κ1) is 14.7. The van der Waals surface area contributed by atoms with Gasteiger partial charge >= 0.3 is 0 Å². The molecule has 0 amide bonds. The molecule has 0 spiro atoms. The second-order valence-corrected chi connectivity index (χ2v) is 6.62. The standard InChI is InChI=1S/C15H16N4O2S/c1-2-15-17-8-12(19-15)9-18-22(20,21)14-5-3-4-11-6-7-16-10-13(11)14/h3-8,10,18H,2,9H2,1H3,(H,17,19). The van der Waals surface area contributed by atoms with Gasteiger partial charge in [-0.2, -0.15) is 0 Å². The minimum Gasteiger partial charge on any atom is -0.345 e. The lowest BCUT2D eigenvalue weighted by Crippen LogP contribution is -2.23. The quantitative estimate of drug-likeness (QED) is 0.753. The third-order valence-electron chi connectivity index (χ3n) is 3.40. The van der Waals surface area contributed by atoms with Crippen molar-refractivity contribution in [2.75, 3.05) is 0 Å². The lowest BCUT2D eigenvalue weighted by Gasteiger charge is -2.08. The summed E-state index contributed by atoms with van der Waals surface area (Å²) in [4.78, 5) is 11.5. The van der Waals surface area contributed by atoms with Gasteiger partial charge in [-0.3, -0.25) is 4.98 Å². The van der Waals surface area contributed by atoms with Crippen LogP contribution in [-0.4, -0.2) is 23.4 Å². The first-order chi connectivity index (χ1) is 10.6. The van der Waals surface area contributed by atoms with Crippen LogP contribution in [0.15, 0.2) is 47.8 Å². The fourth-order valence-corrected chi connectivity index (χ4v) is 3.46. The van der Waals surface area contributed by atoms with E-state index in [0.717, 1.165) is 23.3 Å². The number of rotatable bonds is 5. The molecule has 0 aliphatic rings. The van der Waals surface area contributed by atoms with E-state index in [1.165, 1.54) is 0 Å². The summed E-state index contributed by atoms with van der Waals surface area (Å²) in [5.74, 6) is 0.837. The van der Waals surface area contributed by atoms with Crippen LogP contribution >= 0.6 is 0 Å². The maximum absolute atomic E-state index is 12.5. The van der Waals surface area contributed by atoms with Crippen LogP contribution < -0.4 is 4.72 Å². The Hall–Kier alpha value is -2.25. The van der Waals surface area contributed by atoms with E-state index in [1.807, 2.05) is 13.0 Å². The summed E-state index contributed by atoms with van der Waals surface area (Å²) in [5.41, 5.74) is 0.735. The molecular formula is C15H16N4O2S. The van der Waals surface area contributed by atoms with Gasteiger partial charge in [-0.1, -0.05) is 19.1 Å². The zero-order valence-corrected chi connectivity index (χ0v) is 12.9. The molecule has 1 aromatic carbocycles. The Balaban J connectivity index is 1.88. The molecule has 0 unspecified atom stereocenters. The first-order valence-electron chi connectivity index (χ1n) is 6.95. The number of pyridine rings is 1. The molecule has 0 aliphatic heterocycles. The maximum atomic E-state index is 12.5. The predicted molar refractivity (Wildman–Crippen MR) is 83.7 cm³/mol. The van der Waals surface area contributed by atoms with Gasteiger partial charge in [0.2, 0.25) is 10.0 Å². The third kappa shape index (κ3) is 2.86. The van der Waals surface area contributed by atoms with E-state index < -0.39 is 10.0 Å². The number of benzene rings is 1. The highest BCUT2D eigenvalue weighted by Crippen LogP contribution is 2.21. The minimum atomic E-state index is -3.62. The van der Waals surface area contributed by atoms with Crippen molar-refractivity contribution in [1.29, 1.82) is 0 Å². The van der Waals surface area contributed by atoms with E-state index in [-0.39, 0.29) is 11.4 Å². The van der Waals surface area contributed by atoms with Gasteiger partial charge in [0.1, 0.15) is 5.82 Å². The van der Waals surface area contributed by atoms with Crippen molar-refractivity contribution < 1.29 is 8.42 Å². The van der Waals surface area contributed by atoms with Crippen LogP contribution in [0.25, 0.3) is 10.8 Å². The third-order valence-corrected chi connectivity index (χ3v) is 4.86. The summed E-state index contributed by atoms with van der Waals surface area (Å²) in [6.07, 6.45) is 5.63. The molecule has 2 aromatic heterocycles. The Kier molecular flexibility index (Phi) is 3.91. The van der Waals surface area contributed by atoms with Crippen LogP contribution in [0.4, 0.5) is 0 Å². The van der Waals surface area contributed by atoms with E-state index in [4.69, 9.17) is 0 Å². The smallest absolute Gasteiger partial charge is 0.241 e. The van der Waals surface area contributed by atoms with E-state index in [2.05, 4.69) is 19.7 Å². The normalized spacial score (nSPS) is 11.9. The highest BCUT2D eigenvalue weighted by atomic mass is 32.2. The molecule has 0 bridgehead atoms. The summed E-state index contributed by atoms with van der Waals surface area (Å²) < 4.78 is 27.6. The second kappa shape index (κ2) is 5.86. The molecule has 3 aromatic rings. The molecule has 0 saturated heterocycles. The Morgan fingerprint density at radius 2 is 2.09 bits per heavy atom. The number of nitrogens with zero attached hydrogens (tertiary/aromatic N) is 2. The van der Waals surface area contributed by atoms with E-state index >= 15 is 0 Å². The summed E-state index contributed by atoms with van der Waals surface area (Å²) in [7, 11) is -3.62. The van der Waals surface area contributed by atoms with Gasteiger partial charge in [0.25, 0.3) is 0 Å². The molecule has 2 heterocycles. The molecule has 6 nitrogen and oxygen atoms in total. The summed E-state index contributed by atoms with van der Waals surface area (Å²) >= 11 is 0. The number of nitrogens with one attached hydrogen (secondary N) is 2. The van der Waals surface area contributed by atoms with Gasteiger partial charge in [-0.15, -0.1) is 0 Å². The molecule has 0 saturated carbocycles. The fraction of sp³-hybridized carbons (Fsp3) is 0.200. The Morgan fingerprint density at radius 1 is 1.23 bits per heavy atom. The van der Waals surface area contributed by atoms with Crippen LogP contribution in [0.1, 0.15) is 18.4 Å². The number of sulfonamides is 1. The Labute approximate surface area is 128 Å². The lowest BCUT2D eigenvalue weighted by molar-refractivity contribution is 0.581. The molecule has 22 heavy (non-hydrogen) atoms. The molecule has 0 atom stereocenters. The van der Waals surface area contributed by atoms with Crippen LogP contribution in [0.3, 0.4) is 0 Å². The molecular weight excluding hydrogens is 300 g/mol. The van der Waals surface area contributed by atoms with Gasteiger partial charge in [0.05, 0.1) is 11.4 Å². The summed E-state index contributed by atoms with van der Waals surface area (Å²) in [5, 5.41) is 1.45. The maximum Gasteiger partial charge on any atom is 0.241 e. The molecule has 0 radical (unpaired) electrons. The van der Waals surface area contributed by atoms with Gasteiger partial charge in [-0.05, 0) is 17.5 Å². The number of aromatic amines is 1. The summed E-state index contributed by atoms with van der Waals surface area (Å²) in [6, 6.07) is 6.95. The van der Waals surface area contributed by atoms with E-state index in [0.29, 0.717) is 5.39 Å². The molecule has 0 fully saturated rings. The van der Waals surface area contributed by atoms with Gasteiger partial charge < -0.3 is 4.98 Å². The second-order valence-electron chi connectivity index (χ2n) is 4.89. The topological polar surface area (TPSA) is 87.7 Å². The average Bonchev–Trinajstić information content (AvgIpc) is 3.00. The number of H-pyrrole nitrogens is 1. The van der Waals surface area contributed by atoms with Crippen molar-refractivity contribution in [3.63, 3.8) is 0 Å². The number of hydrogen-bond donors (Lipinski definition) is 2. The van der Waals surface area contributed by atoms with Gasteiger partial charge in [0.15, 0.2) is 0 Å². The van der Waals surface area contributed by atoms with Crippen molar-refractivity contribution in [3.05, 3.63) is 54.4 Å². The zero-order valence-electron chi connectivity index (χ0n) is 12.1. The van der Waals surface area contributed by atoms with Gasteiger partial charge in [0, 0.05) is 36.1 Å². The van der Waals surface area contributed by atoms with Gasteiger partial charge in [-0.25, -0.2) is 18.1 Å². The van der Waals surface area contributed by atoms with Crippen molar-refractivity contribution in [3.8, 4) is 0 Å². The average molecular weight is 316 g/mol. The minimum absolute atomic E-state index is 0.173. The highest BCUT2D eigenvalue weighted by molar-refractivity contribution is 7.89. The number of hydrogen-bond acceptors (Lipinski definition) is 4. The van der Waals surface area contributed by atoms with Crippen LogP contribution in [-0.2, 0) is 23.0 Å². The van der Waals surface area contributed by atoms with Crippen LogP contribution in [0, 0.1) is 0 Å². The largest absolute Gasteiger partial charge is 0.345 e. The van der Waals surface area contributed by atoms with Crippen LogP contribution in [0.2, 0.25) is 0 Å². The molecule has 3 rings (SSSR count). The number of aromatic nitrogens is 3. The van der Waals surface area contributed by atoms with Crippen molar-refractivity contribution in [1.82, 2.24) is 19.7 Å². The highest BCUT2D eigenvalue weighted by Gasteiger charge is 2.17. The number of fused-ring (bicyclic) bond motifs is 1. The first-order valence-corrected chi connectivity index (χ1v) is 8.43. The van der Waals surface area contributed by atoms with E-state index in [9.17, 15) is 8.42 Å². The van der Waals surface area contributed by atoms with E-state index in [1.54, 1.807) is 36.8 Å². The SMILES string of the molecule is CCc1ncc(CNS(=O)(=O)c2cccc3ccncc23)[nH]1. The predicted octanol–water partition coefficient (Wildman–Crippen LogP) is 2.00. The fourth-order valence-electron chi connectivity index (χ4n) is 2.25. The molecule has 2 N–H and O–H groups in total. The lowest BCUT2D eigenvalue weighted by atomic mass is 10.2. The molecule has 7 heteroatoms. The number of aryl methyl sites for hydroxylation is 1. The van der Waals surface area contributed by atoms with Crippen molar-refractivity contribution in [2.45, 2.75) is 24.8 Å². The molecule has 0 aliphatic carbocycles. The Bertz CT molecular complexity index is 897. The van der Waals surface area contributed by atoms with Crippen LogP contribution in [0.5, 0.6) is 0 Å². The Morgan fingerprint density at radius 3 is 2.86 bits per heavy atom. The number of imidazole rings is 1. The van der Waals surface area contributed by atoms with Crippen molar-refractivity contribution in [2.24, 2.45) is 0 Å². The van der Waals surface area contributed by atoms with Crippen molar-refractivity contribution >= 4 is 20.8 Å².